The molecule has 0 amide bonds. The number of rotatable bonds is 5. The van der Waals surface area contributed by atoms with E-state index in [-0.39, 0.29) is 13.4 Å². The van der Waals surface area contributed by atoms with E-state index in [0.717, 1.165) is 5.56 Å². The minimum absolute atomic E-state index is 0.0130. The predicted molar refractivity (Wildman–Crippen MR) is 51.4 cm³/mol. The molecule has 14 heavy (non-hydrogen) atoms. The molecule has 0 aliphatic carbocycles. The Kier molecular flexibility index (Phi) is 4.22. The van der Waals surface area contributed by atoms with Crippen LogP contribution in [0, 0.1) is 0 Å². The van der Waals surface area contributed by atoms with E-state index < -0.39 is 0 Å². The summed E-state index contributed by atoms with van der Waals surface area (Å²) in [6.07, 6.45) is 0. The molecule has 0 heterocycles. The maximum atomic E-state index is 8.90. The van der Waals surface area contributed by atoms with Gasteiger partial charge in [0.2, 0.25) is 0 Å². The first-order valence-electron chi connectivity index (χ1n) is 4.21. The lowest BCUT2D eigenvalue weighted by atomic mass is 10.2. The molecule has 1 aromatic carbocycles. The SMILES string of the molecule is COCOc1ccc(CO)cc1OC. The first-order valence-corrected chi connectivity index (χ1v) is 4.21. The van der Waals surface area contributed by atoms with Crippen molar-refractivity contribution in [2.45, 2.75) is 6.61 Å². The van der Waals surface area contributed by atoms with Gasteiger partial charge in [0, 0.05) is 7.11 Å². The van der Waals surface area contributed by atoms with E-state index >= 15 is 0 Å². The summed E-state index contributed by atoms with van der Waals surface area (Å²) >= 11 is 0. The quantitative estimate of drug-likeness (QED) is 0.721. The van der Waals surface area contributed by atoms with Crippen molar-refractivity contribution in [1.82, 2.24) is 0 Å². The Bertz CT molecular complexity index is 285. The van der Waals surface area contributed by atoms with Gasteiger partial charge in [0.1, 0.15) is 0 Å². The fourth-order valence-corrected chi connectivity index (χ4v) is 1.05. The maximum absolute atomic E-state index is 8.90. The molecule has 1 rings (SSSR count). The zero-order valence-corrected chi connectivity index (χ0v) is 8.32. The van der Waals surface area contributed by atoms with Crippen LogP contribution < -0.4 is 9.47 Å². The highest BCUT2D eigenvalue weighted by Crippen LogP contribution is 2.27. The van der Waals surface area contributed by atoms with E-state index in [0.29, 0.717) is 11.5 Å². The third-order valence-electron chi connectivity index (χ3n) is 1.74. The van der Waals surface area contributed by atoms with Crippen molar-refractivity contribution in [1.29, 1.82) is 0 Å². The summed E-state index contributed by atoms with van der Waals surface area (Å²) in [5.41, 5.74) is 0.784. The normalized spacial score (nSPS) is 9.93. The number of hydrogen-bond donors (Lipinski definition) is 1. The summed E-state index contributed by atoms with van der Waals surface area (Å²) in [4.78, 5) is 0. The molecule has 0 aliphatic rings. The van der Waals surface area contributed by atoms with Crippen LogP contribution >= 0.6 is 0 Å². The molecule has 1 N–H and O–H groups in total. The molecule has 4 heteroatoms. The second kappa shape index (κ2) is 5.47. The van der Waals surface area contributed by atoms with Gasteiger partial charge in [-0.1, -0.05) is 6.07 Å². The number of methoxy groups -OCH3 is 2. The van der Waals surface area contributed by atoms with Crippen molar-refractivity contribution in [3.63, 3.8) is 0 Å². The Morgan fingerprint density at radius 2 is 2.00 bits per heavy atom. The average molecular weight is 198 g/mol. The van der Waals surface area contributed by atoms with E-state index in [4.69, 9.17) is 19.3 Å². The molecular formula is C10H14O4. The van der Waals surface area contributed by atoms with Crippen LogP contribution in [0.1, 0.15) is 5.56 Å². The highest BCUT2D eigenvalue weighted by molar-refractivity contribution is 5.42. The molecule has 1 aromatic rings. The fourth-order valence-electron chi connectivity index (χ4n) is 1.05. The van der Waals surface area contributed by atoms with Crippen LogP contribution in [0.4, 0.5) is 0 Å². The molecular weight excluding hydrogens is 184 g/mol. The third-order valence-corrected chi connectivity index (χ3v) is 1.74. The Balaban J connectivity index is 2.82. The molecule has 0 aliphatic heterocycles. The third kappa shape index (κ3) is 2.61. The highest BCUT2D eigenvalue weighted by Gasteiger charge is 2.04. The lowest BCUT2D eigenvalue weighted by Gasteiger charge is -2.10. The van der Waals surface area contributed by atoms with Crippen LogP contribution in [0.25, 0.3) is 0 Å². The minimum atomic E-state index is -0.0130. The van der Waals surface area contributed by atoms with Crippen molar-refractivity contribution in [3.8, 4) is 11.5 Å². The second-order valence-corrected chi connectivity index (χ2v) is 2.69. The van der Waals surface area contributed by atoms with Crippen LogP contribution in [0.5, 0.6) is 11.5 Å². The highest BCUT2D eigenvalue weighted by atomic mass is 16.7. The summed E-state index contributed by atoms with van der Waals surface area (Å²) in [7, 11) is 3.10. The molecule has 0 unspecified atom stereocenters. The van der Waals surface area contributed by atoms with Gasteiger partial charge < -0.3 is 19.3 Å². The van der Waals surface area contributed by atoms with Crippen molar-refractivity contribution in [2.24, 2.45) is 0 Å². The minimum Gasteiger partial charge on any atom is -0.493 e. The number of hydrogen-bond acceptors (Lipinski definition) is 4. The van der Waals surface area contributed by atoms with Crippen molar-refractivity contribution >= 4 is 0 Å². The summed E-state index contributed by atoms with van der Waals surface area (Å²) in [5, 5.41) is 8.90. The van der Waals surface area contributed by atoms with Crippen LogP contribution in [0.3, 0.4) is 0 Å². The molecule has 0 saturated heterocycles. The summed E-state index contributed by atoms with van der Waals surface area (Å²) in [6, 6.07) is 5.24. The van der Waals surface area contributed by atoms with Gasteiger partial charge in [-0.3, -0.25) is 0 Å². The van der Waals surface area contributed by atoms with Crippen LogP contribution in [-0.2, 0) is 11.3 Å². The molecule has 4 nitrogen and oxygen atoms in total. The summed E-state index contributed by atoms with van der Waals surface area (Å²) in [6.45, 7) is 0.162. The Labute approximate surface area is 83.0 Å². The molecule has 0 radical (unpaired) electrons. The zero-order valence-electron chi connectivity index (χ0n) is 8.32. The molecule has 0 fully saturated rings. The number of aliphatic hydroxyl groups is 1. The van der Waals surface area contributed by atoms with Crippen molar-refractivity contribution in [3.05, 3.63) is 23.8 Å². The number of aliphatic hydroxyl groups excluding tert-OH is 1. The van der Waals surface area contributed by atoms with Crippen LogP contribution in [-0.4, -0.2) is 26.1 Å². The summed E-state index contributed by atoms with van der Waals surface area (Å²) < 4.78 is 15.1. The van der Waals surface area contributed by atoms with Gasteiger partial charge >= 0.3 is 0 Å². The zero-order chi connectivity index (χ0) is 10.4. The van der Waals surface area contributed by atoms with Gasteiger partial charge in [-0.05, 0) is 17.7 Å². The average Bonchev–Trinajstić information content (AvgIpc) is 2.26. The number of benzene rings is 1. The van der Waals surface area contributed by atoms with Crippen molar-refractivity contribution in [2.75, 3.05) is 21.0 Å². The van der Waals surface area contributed by atoms with Gasteiger partial charge in [0.15, 0.2) is 18.3 Å². The molecule has 0 saturated carbocycles. The molecule has 78 valence electrons. The topological polar surface area (TPSA) is 47.9 Å². The lowest BCUT2D eigenvalue weighted by Crippen LogP contribution is -2.01. The molecule has 0 spiro atoms. The van der Waals surface area contributed by atoms with Gasteiger partial charge in [-0.15, -0.1) is 0 Å². The predicted octanol–water partition coefficient (Wildman–Crippen LogP) is 1.17. The Hall–Kier alpha value is -1.26. The van der Waals surface area contributed by atoms with E-state index in [9.17, 15) is 0 Å². The smallest absolute Gasteiger partial charge is 0.188 e. The van der Waals surface area contributed by atoms with Gasteiger partial charge in [0.25, 0.3) is 0 Å². The Morgan fingerprint density at radius 3 is 2.57 bits per heavy atom. The summed E-state index contributed by atoms with van der Waals surface area (Å²) in [5.74, 6) is 1.19. The van der Waals surface area contributed by atoms with E-state index in [1.807, 2.05) is 0 Å². The van der Waals surface area contributed by atoms with E-state index in [1.165, 1.54) is 0 Å². The van der Waals surface area contributed by atoms with Crippen LogP contribution in [0.2, 0.25) is 0 Å². The molecule has 0 aromatic heterocycles. The molecule has 0 bridgehead atoms. The van der Waals surface area contributed by atoms with Gasteiger partial charge in [0.05, 0.1) is 13.7 Å². The standard InChI is InChI=1S/C10H14O4/c1-12-7-14-9-4-3-8(6-11)5-10(9)13-2/h3-5,11H,6-7H2,1-2H3. The number of ether oxygens (including phenoxy) is 3. The first kappa shape index (κ1) is 10.8. The maximum Gasteiger partial charge on any atom is 0.188 e. The van der Waals surface area contributed by atoms with Crippen LogP contribution in [0.15, 0.2) is 18.2 Å². The van der Waals surface area contributed by atoms with Gasteiger partial charge in [-0.2, -0.15) is 0 Å². The second-order valence-electron chi connectivity index (χ2n) is 2.69. The van der Waals surface area contributed by atoms with E-state index in [1.54, 1.807) is 32.4 Å². The Morgan fingerprint density at radius 1 is 1.21 bits per heavy atom. The fraction of sp³-hybridized carbons (Fsp3) is 0.400. The largest absolute Gasteiger partial charge is 0.493 e. The lowest BCUT2D eigenvalue weighted by molar-refractivity contribution is 0.0491. The van der Waals surface area contributed by atoms with Crippen molar-refractivity contribution < 1.29 is 19.3 Å². The molecule has 0 atom stereocenters. The van der Waals surface area contributed by atoms with E-state index in [2.05, 4.69) is 0 Å². The monoisotopic (exact) mass is 198 g/mol. The first-order chi connectivity index (χ1) is 6.81. The van der Waals surface area contributed by atoms with Gasteiger partial charge in [-0.25, -0.2) is 0 Å².